The number of likely N-dealkylation sites (N-methyl/N-ethyl adjacent to an activating group) is 1. The maximum atomic E-state index is 12.9. The molecule has 0 aliphatic heterocycles. The highest BCUT2D eigenvalue weighted by Crippen LogP contribution is 2.12. The molecule has 3 nitrogen and oxygen atoms in total. The van der Waals surface area contributed by atoms with E-state index >= 15 is 0 Å². The van der Waals surface area contributed by atoms with Gasteiger partial charge in [0.25, 0.3) is 0 Å². The van der Waals surface area contributed by atoms with Crippen molar-refractivity contribution in [1.29, 1.82) is 0 Å². The summed E-state index contributed by atoms with van der Waals surface area (Å²) >= 11 is 0. The van der Waals surface area contributed by atoms with Gasteiger partial charge in [0.2, 0.25) is 5.91 Å². The Morgan fingerprint density at radius 2 is 2.25 bits per heavy atom. The fourth-order valence-electron chi connectivity index (χ4n) is 1.39. The van der Waals surface area contributed by atoms with E-state index in [9.17, 15) is 9.18 Å². The third kappa shape index (κ3) is 3.98. The molecule has 1 rings (SSSR count). The van der Waals surface area contributed by atoms with Crippen LogP contribution in [0.25, 0.3) is 0 Å². The van der Waals surface area contributed by atoms with Crippen LogP contribution in [0.2, 0.25) is 0 Å². The summed E-state index contributed by atoms with van der Waals surface area (Å²) in [5, 5.41) is 5.72. The molecule has 2 N–H and O–H groups in total. The molecule has 1 unspecified atom stereocenters. The van der Waals surface area contributed by atoms with Crippen molar-refractivity contribution in [3.63, 3.8) is 0 Å². The van der Waals surface area contributed by atoms with Crippen LogP contribution in [0, 0.1) is 5.82 Å². The number of hydrogen-bond acceptors (Lipinski definition) is 2. The van der Waals surface area contributed by atoms with Crippen molar-refractivity contribution in [2.24, 2.45) is 0 Å². The normalized spacial score (nSPS) is 12.2. The third-order valence-corrected chi connectivity index (χ3v) is 2.26. The minimum atomic E-state index is -0.287. The number of amides is 1. The molecular formula is C12H17FN2O. The molecule has 0 radical (unpaired) electrons. The average molecular weight is 224 g/mol. The zero-order chi connectivity index (χ0) is 12.0. The highest BCUT2D eigenvalue weighted by Gasteiger charge is 2.09. The third-order valence-electron chi connectivity index (χ3n) is 2.26. The molecule has 1 aromatic carbocycles. The molecular weight excluding hydrogens is 207 g/mol. The first-order valence-electron chi connectivity index (χ1n) is 5.39. The molecule has 0 saturated heterocycles. The Balaban J connectivity index is 2.52. The van der Waals surface area contributed by atoms with Crippen molar-refractivity contribution in [2.45, 2.75) is 19.9 Å². The van der Waals surface area contributed by atoms with E-state index in [0.29, 0.717) is 0 Å². The Kier molecular flexibility index (Phi) is 4.92. The first-order valence-corrected chi connectivity index (χ1v) is 5.39. The minimum Gasteiger partial charge on any atom is -0.348 e. The molecule has 1 aromatic rings. The summed E-state index contributed by atoms with van der Waals surface area (Å²) in [7, 11) is 0. The molecule has 0 spiro atoms. The molecule has 16 heavy (non-hydrogen) atoms. The summed E-state index contributed by atoms with van der Waals surface area (Å²) in [5.41, 5.74) is 0.768. The van der Waals surface area contributed by atoms with Gasteiger partial charge in [0.1, 0.15) is 5.82 Å². The van der Waals surface area contributed by atoms with Crippen LogP contribution in [0.1, 0.15) is 25.5 Å². The first kappa shape index (κ1) is 12.6. The van der Waals surface area contributed by atoms with Gasteiger partial charge in [-0.05, 0) is 31.2 Å². The van der Waals surface area contributed by atoms with Crippen LogP contribution >= 0.6 is 0 Å². The van der Waals surface area contributed by atoms with Crippen molar-refractivity contribution < 1.29 is 9.18 Å². The molecule has 88 valence electrons. The minimum absolute atomic E-state index is 0.0846. The predicted molar refractivity (Wildman–Crippen MR) is 61.5 cm³/mol. The molecule has 1 amide bonds. The number of carbonyl (C=O) groups excluding carboxylic acids is 1. The van der Waals surface area contributed by atoms with E-state index in [2.05, 4.69) is 10.6 Å². The topological polar surface area (TPSA) is 41.1 Å². The van der Waals surface area contributed by atoms with Gasteiger partial charge in [-0.2, -0.15) is 0 Å². The van der Waals surface area contributed by atoms with E-state index in [1.54, 1.807) is 12.1 Å². The summed E-state index contributed by atoms with van der Waals surface area (Å²) in [6.07, 6.45) is 0. The van der Waals surface area contributed by atoms with Gasteiger partial charge in [-0.25, -0.2) is 4.39 Å². The van der Waals surface area contributed by atoms with Gasteiger partial charge in [0.05, 0.1) is 12.6 Å². The van der Waals surface area contributed by atoms with Crippen LogP contribution in [0.4, 0.5) is 4.39 Å². The molecule has 0 aromatic heterocycles. The first-order chi connectivity index (χ1) is 7.63. The maximum absolute atomic E-state index is 12.9. The number of hydrogen-bond donors (Lipinski definition) is 2. The van der Waals surface area contributed by atoms with Crippen molar-refractivity contribution in [3.05, 3.63) is 35.6 Å². The zero-order valence-electron chi connectivity index (χ0n) is 9.59. The lowest BCUT2D eigenvalue weighted by atomic mass is 10.1. The summed E-state index contributed by atoms with van der Waals surface area (Å²) in [5.74, 6) is -0.371. The Hall–Kier alpha value is -1.42. The molecule has 0 bridgehead atoms. The Morgan fingerprint density at radius 3 is 2.88 bits per heavy atom. The summed E-state index contributed by atoms with van der Waals surface area (Å²) < 4.78 is 12.9. The van der Waals surface area contributed by atoms with Gasteiger partial charge < -0.3 is 10.6 Å². The van der Waals surface area contributed by atoms with E-state index in [1.807, 2.05) is 13.8 Å². The molecule has 0 aliphatic carbocycles. The highest BCUT2D eigenvalue weighted by molar-refractivity contribution is 5.78. The lowest BCUT2D eigenvalue weighted by molar-refractivity contribution is -0.120. The monoisotopic (exact) mass is 224 g/mol. The summed E-state index contributed by atoms with van der Waals surface area (Å²) in [6.45, 7) is 4.81. The lowest BCUT2D eigenvalue weighted by Crippen LogP contribution is -2.35. The van der Waals surface area contributed by atoms with Crippen molar-refractivity contribution >= 4 is 5.91 Å². The van der Waals surface area contributed by atoms with Crippen molar-refractivity contribution in [3.8, 4) is 0 Å². The average Bonchev–Trinajstić information content (AvgIpc) is 2.26. The van der Waals surface area contributed by atoms with Crippen LogP contribution in [0.3, 0.4) is 0 Å². The van der Waals surface area contributed by atoms with Crippen molar-refractivity contribution in [1.82, 2.24) is 10.6 Å². The second kappa shape index (κ2) is 6.23. The lowest BCUT2D eigenvalue weighted by Gasteiger charge is -2.14. The van der Waals surface area contributed by atoms with E-state index in [4.69, 9.17) is 0 Å². The molecule has 4 heteroatoms. The van der Waals surface area contributed by atoms with Crippen LogP contribution in [0.5, 0.6) is 0 Å². The van der Waals surface area contributed by atoms with E-state index in [-0.39, 0.29) is 24.3 Å². The van der Waals surface area contributed by atoms with E-state index in [0.717, 1.165) is 12.1 Å². The van der Waals surface area contributed by atoms with E-state index < -0.39 is 0 Å². The van der Waals surface area contributed by atoms with Gasteiger partial charge in [-0.3, -0.25) is 4.79 Å². The zero-order valence-corrected chi connectivity index (χ0v) is 9.59. The number of halogens is 1. The number of rotatable bonds is 5. The van der Waals surface area contributed by atoms with Gasteiger partial charge in [-0.15, -0.1) is 0 Å². The molecule has 0 aliphatic rings. The van der Waals surface area contributed by atoms with Gasteiger partial charge in [0, 0.05) is 0 Å². The predicted octanol–water partition coefficient (Wildman–Crippen LogP) is 1.61. The summed E-state index contributed by atoms with van der Waals surface area (Å²) in [4.78, 5) is 11.4. The maximum Gasteiger partial charge on any atom is 0.234 e. The van der Waals surface area contributed by atoms with Crippen molar-refractivity contribution in [2.75, 3.05) is 13.1 Å². The molecule has 0 fully saturated rings. The molecule has 1 atom stereocenters. The molecule has 0 saturated carbocycles. The Morgan fingerprint density at radius 1 is 1.50 bits per heavy atom. The second-order valence-electron chi connectivity index (χ2n) is 3.62. The summed E-state index contributed by atoms with van der Waals surface area (Å²) in [6, 6.07) is 6.06. The van der Waals surface area contributed by atoms with Crippen LogP contribution in [-0.4, -0.2) is 19.0 Å². The van der Waals surface area contributed by atoms with Gasteiger partial charge in [-0.1, -0.05) is 19.1 Å². The fourth-order valence-corrected chi connectivity index (χ4v) is 1.39. The Bertz CT molecular complexity index is 355. The Labute approximate surface area is 95.0 Å². The van der Waals surface area contributed by atoms with Gasteiger partial charge >= 0.3 is 0 Å². The van der Waals surface area contributed by atoms with E-state index in [1.165, 1.54) is 12.1 Å². The van der Waals surface area contributed by atoms with Gasteiger partial charge in [0.15, 0.2) is 0 Å². The fraction of sp³-hybridized carbons (Fsp3) is 0.417. The second-order valence-corrected chi connectivity index (χ2v) is 3.62. The standard InChI is InChI=1S/C12H17FN2O/c1-3-14-8-12(16)15-9(2)10-5-4-6-11(13)7-10/h4-7,9,14H,3,8H2,1-2H3,(H,15,16). The number of nitrogens with one attached hydrogen (secondary N) is 2. The van der Waals surface area contributed by atoms with Crippen LogP contribution in [0.15, 0.2) is 24.3 Å². The highest BCUT2D eigenvalue weighted by atomic mass is 19.1. The van der Waals surface area contributed by atoms with Crippen LogP contribution in [-0.2, 0) is 4.79 Å². The van der Waals surface area contributed by atoms with Crippen LogP contribution < -0.4 is 10.6 Å². The number of benzene rings is 1. The number of carbonyl (C=O) groups is 1. The quantitative estimate of drug-likeness (QED) is 0.798. The smallest absolute Gasteiger partial charge is 0.234 e. The molecule has 0 heterocycles. The SMILES string of the molecule is CCNCC(=O)NC(C)c1cccc(F)c1. The largest absolute Gasteiger partial charge is 0.348 e.